The van der Waals surface area contributed by atoms with Crippen LogP contribution in [0.15, 0.2) is 48.5 Å². The fourth-order valence-electron chi connectivity index (χ4n) is 3.26. The second-order valence-electron chi connectivity index (χ2n) is 6.65. The summed E-state index contributed by atoms with van der Waals surface area (Å²) >= 11 is 7.67. The van der Waals surface area contributed by atoms with E-state index in [-0.39, 0.29) is 11.8 Å². The fourth-order valence-corrected chi connectivity index (χ4v) is 4.50. The Morgan fingerprint density at radius 3 is 2.50 bits per heavy atom. The second kappa shape index (κ2) is 8.16. The minimum Gasteiger partial charge on any atom is -0.348 e. The Bertz CT molecular complexity index is 981. The highest BCUT2D eigenvalue weighted by Crippen LogP contribution is 2.31. The molecule has 1 fully saturated rings. The van der Waals surface area contributed by atoms with E-state index in [0.717, 1.165) is 23.7 Å². The Balaban J connectivity index is 1.30. The summed E-state index contributed by atoms with van der Waals surface area (Å²) in [6.45, 7) is 1.52. The molecule has 1 aliphatic heterocycles. The van der Waals surface area contributed by atoms with Crippen molar-refractivity contribution in [1.82, 2.24) is 15.8 Å². The molecule has 3 aromatic rings. The largest absolute Gasteiger partial charge is 0.348 e. The minimum absolute atomic E-state index is 0.142. The second-order valence-corrected chi connectivity index (χ2v) is 8.07. The van der Waals surface area contributed by atoms with Crippen LogP contribution in [0, 0.1) is 5.92 Å². The SMILES string of the molecule is O=C(NNC(=O)C1CCN(c2nc3ccccc3s2)CC1)c1ccccc1Cl. The molecular weight excluding hydrogens is 396 g/mol. The van der Waals surface area contributed by atoms with Crippen LogP contribution in [0.5, 0.6) is 0 Å². The van der Waals surface area contributed by atoms with Crippen LogP contribution in [-0.4, -0.2) is 29.9 Å². The number of nitrogens with zero attached hydrogens (tertiary/aromatic N) is 2. The van der Waals surface area contributed by atoms with E-state index in [9.17, 15) is 9.59 Å². The van der Waals surface area contributed by atoms with Gasteiger partial charge in [-0.05, 0) is 37.1 Å². The first kappa shape index (κ1) is 18.7. The lowest BCUT2D eigenvalue weighted by Crippen LogP contribution is -2.47. The molecule has 0 radical (unpaired) electrons. The van der Waals surface area contributed by atoms with Crippen molar-refractivity contribution in [3.05, 3.63) is 59.1 Å². The third-order valence-corrected chi connectivity index (χ3v) is 6.26. The predicted octanol–water partition coefficient (Wildman–Crippen LogP) is 3.63. The Morgan fingerprint density at radius 1 is 1.04 bits per heavy atom. The number of nitrogens with one attached hydrogen (secondary N) is 2. The molecule has 0 bridgehead atoms. The molecule has 2 aromatic carbocycles. The standard InChI is InChI=1S/C20H19ClN4O2S/c21-15-6-2-1-5-14(15)19(27)24-23-18(26)13-9-11-25(12-10-13)20-22-16-7-3-4-8-17(16)28-20/h1-8,13H,9-12H2,(H,23,26)(H,24,27). The van der Waals surface area contributed by atoms with Gasteiger partial charge in [0.2, 0.25) is 5.91 Å². The van der Waals surface area contributed by atoms with Gasteiger partial charge in [0.25, 0.3) is 5.91 Å². The van der Waals surface area contributed by atoms with Crippen LogP contribution in [0.2, 0.25) is 5.02 Å². The number of fused-ring (bicyclic) bond motifs is 1. The smallest absolute Gasteiger partial charge is 0.271 e. The molecule has 0 saturated carbocycles. The number of halogens is 1. The molecule has 1 aliphatic rings. The number of hydrazine groups is 1. The Kier molecular flexibility index (Phi) is 5.45. The van der Waals surface area contributed by atoms with Crippen LogP contribution in [0.3, 0.4) is 0 Å². The van der Waals surface area contributed by atoms with Gasteiger partial charge < -0.3 is 4.90 Å². The van der Waals surface area contributed by atoms with Gasteiger partial charge in [-0.1, -0.05) is 47.2 Å². The molecule has 8 heteroatoms. The summed E-state index contributed by atoms with van der Waals surface area (Å²) in [5.41, 5.74) is 6.31. The van der Waals surface area contributed by atoms with Crippen molar-refractivity contribution in [3.63, 3.8) is 0 Å². The van der Waals surface area contributed by atoms with Gasteiger partial charge in [-0.3, -0.25) is 20.4 Å². The van der Waals surface area contributed by atoms with Crippen LogP contribution >= 0.6 is 22.9 Å². The number of hydrogen-bond acceptors (Lipinski definition) is 5. The number of carbonyl (C=O) groups is 2. The van der Waals surface area contributed by atoms with E-state index in [0.29, 0.717) is 23.4 Å². The zero-order chi connectivity index (χ0) is 19.5. The number of rotatable bonds is 3. The summed E-state index contributed by atoms with van der Waals surface area (Å²) in [7, 11) is 0. The number of benzene rings is 2. The van der Waals surface area contributed by atoms with E-state index >= 15 is 0 Å². The van der Waals surface area contributed by atoms with Crippen molar-refractivity contribution in [1.29, 1.82) is 0 Å². The van der Waals surface area contributed by atoms with E-state index < -0.39 is 5.91 Å². The summed E-state index contributed by atoms with van der Waals surface area (Å²) in [6.07, 6.45) is 1.42. The van der Waals surface area contributed by atoms with E-state index in [4.69, 9.17) is 11.6 Å². The monoisotopic (exact) mass is 414 g/mol. The molecule has 1 saturated heterocycles. The van der Waals surface area contributed by atoms with Crippen LogP contribution < -0.4 is 15.8 Å². The molecule has 0 spiro atoms. The third kappa shape index (κ3) is 3.95. The van der Waals surface area contributed by atoms with Gasteiger partial charge >= 0.3 is 0 Å². The summed E-state index contributed by atoms with van der Waals surface area (Å²) in [5, 5.41) is 1.34. The molecular formula is C20H19ClN4O2S. The molecule has 28 heavy (non-hydrogen) atoms. The Hall–Kier alpha value is -2.64. The predicted molar refractivity (Wildman–Crippen MR) is 112 cm³/mol. The summed E-state index contributed by atoms with van der Waals surface area (Å²) in [5.74, 6) is -0.743. The average Bonchev–Trinajstić information content (AvgIpc) is 3.16. The number of aromatic nitrogens is 1. The quantitative estimate of drug-likeness (QED) is 0.642. The summed E-state index contributed by atoms with van der Waals surface area (Å²) in [4.78, 5) is 31.5. The lowest BCUT2D eigenvalue weighted by atomic mass is 9.96. The van der Waals surface area contributed by atoms with E-state index in [2.05, 4.69) is 26.8 Å². The number of thiazole rings is 1. The molecule has 144 valence electrons. The average molecular weight is 415 g/mol. The van der Waals surface area contributed by atoms with E-state index in [1.807, 2.05) is 18.2 Å². The topological polar surface area (TPSA) is 74.3 Å². The Labute approximate surface area is 171 Å². The van der Waals surface area contributed by atoms with Gasteiger partial charge in [0, 0.05) is 19.0 Å². The van der Waals surface area contributed by atoms with Crippen molar-refractivity contribution in [2.24, 2.45) is 5.92 Å². The van der Waals surface area contributed by atoms with Gasteiger partial charge in [-0.25, -0.2) is 4.98 Å². The van der Waals surface area contributed by atoms with Gasteiger partial charge in [0.1, 0.15) is 0 Å². The van der Waals surface area contributed by atoms with Gasteiger partial charge in [-0.2, -0.15) is 0 Å². The highest BCUT2D eigenvalue weighted by molar-refractivity contribution is 7.22. The molecule has 2 heterocycles. The third-order valence-electron chi connectivity index (χ3n) is 4.84. The van der Waals surface area contributed by atoms with E-state index in [1.165, 1.54) is 4.70 Å². The number of para-hydroxylation sites is 1. The van der Waals surface area contributed by atoms with Crippen molar-refractivity contribution in [2.75, 3.05) is 18.0 Å². The molecule has 0 aliphatic carbocycles. The highest BCUT2D eigenvalue weighted by atomic mass is 35.5. The fraction of sp³-hybridized carbons (Fsp3) is 0.250. The first-order valence-electron chi connectivity index (χ1n) is 9.07. The summed E-state index contributed by atoms with van der Waals surface area (Å²) in [6, 6.07) is 14.8. The van der Waals surface area contributed by atoms with Crippen LogP contribution in [0.4, 0.5) is 5.13 Å². The van der Waals surface area contributed by atoms with Gasteiger partial charge in [-0.15, -0.1) is 0 Å². The lowest BCUT2D eigenvalue weighted by molar-refractivity contribution is -0.126. The van der Waals surface area contributed by atoms with Crippen molar-refractivity contribution in [2.45, 2.75) is 12.8 Å². The molecule has 2 amide bonds. The molecule has 2 N–H and O–H groups in total. The van der Waals surface area contributed by atoms with Crippen molar-refractivity contribution < 1.29 is 9.59 Å². The number of piperidine rings is 1. The normalized spacial score (nSPS) is 14.8. The molecule has 0 atom stereocenters. The van der Waals surface area contributed by atoms with Gasteiger partial charge in [0.15, 0.2) is 5.13 Å². The molecule has 4 rings (SSSR count). The van der Waals surface area contributed by atoms with Crippen LogP contribution in [-0.2, 0) is 4.79 Å². The zero-order valence-electron chi connectivity index (χ0n) is 15.0. The minimum atomic E-state index is -0.425. The van der Waals surface area contributed by atoms with Crippen LogP contribution in [0.1, 0.15) is 23.2 Å². The van der Waals surface area contributed by atoms with Crippen molar-refractivity contribution in [3.8, 4) is 0 Å². The molecule has 6 nitrogen and oxygen atoms in total. The maximum atomic E-state index is 12.4. The first-order valence-corrected chi connectivity index (χ1v) is 10.3. The molecule has 0 unspecified atom stereocenters. The number of carbonyl (C=O) groups excluding carboxylic acids is 2. The number of anilines is 1. The maximum absolute atomic E-state index is 12.4. The maximum Gasteiger partial charge on any atom is 0.271 e. The number of hydrogen-bond donors (Lipinski definition) is 2. The zero-order valence-corrected chi connectivity index (χ0v) is 16.6. The van der Waals surface area contributed by atoms with E-state index in [1.54, 1.807) is 35.6 Å². The first-order chi connectivity index (χ1) is 13.6. The number of amides is 2. The van der Waals surface area contributed by atoms with Crippen molar-refractivity contribution >= 4 is 50.1 Å². The Morgan fingerprint density at radius 2 is 1.75 bits per heavy atom. The lowest BCUT2D eigenvalue weighted by Gasteiger charge is -2.30. The summed E-state index contributed by atoms with van der Waals surface area (Å²) < 4.78 is 1.17. The van der Waals surface area contributed by atoms with Crippen LogP contribution in [0.25, 0.3) is 10.2 Å². The van der Waals surface area contributed by atoms with Gasteiger partial charge in [0.05, 0.1) is 20.8 Å². The molecule has 1 aromatic heterocycles. The highest BCUT2D eigenvalue weighted by Gasteiger charge is 2.27.